The van der Waals surface area contributed by atoms with Crippen LogP contribution in [0, 0.1) is 0 Å². The van der Waals surface area contributed by atoms with E-state index in [0.29, 0.717) is 13.0 Å². The van der Waals surface area contributed by atoms with E-state index in [9.17, 15) is 0 Å². The van der Waals surface area contributed by atoms with Gasteiger partial charge in [-0.05, 0) is 29.3 Å². The molecule has 0 aliphatic rings. The average molecular weight is 328 g/mol. The molecule has 0 aliphatic heterocycles. The molecule has 2 rings (SSSR count). The van der Waals surface area contributed by atoms with Crippen molar-refractivity contribution in [2.45, 2.75) is 39.8 Å². The Kier molecular flexibility index (Phi) is 4.71. The minimum absolute atomic E-state index is 0.0925. The standard InChI is InChI=1S/C12H18BrN5O/c1-3-10-12(13)11(18(4-2)15-10)8-17-7-9(5-6-19)14-16-17/h7,19H,3-6,8H2,1-2H3. The Hall–Kier alpha value is -1.21. The van der Waals surface area contributed by atoms with E-state index in [2.05, 4.69) is 45.2 Å². The zero-order chi connectivity index (χ0) is 13.8. The van der Waals surface area contributed by atoms with Crippen LogP contribution >= 0.6 is 15.9 Å². The molecule has 1 N–H and O–H groups in total. The minimum atomic E-state index is 0.0925. The normalized spacial score (nSPS) is 11.2. The number of aryl methyl sites for hydroxylation is 2. The number of aliphatic hydroxyl groups excluding tert-OH is 1. The molecular formula is C12H18BrN5O. The molecule has 0 aliphatic carbocycles. The molecule has 0 radical (unpaired) electrons. The fourth-order valence-corrected chi connectivity index (χ4v) is 2.66. The molecule has 0 unspecified atom stereocenters. The van der Waals surface area contributed by atoms with Gasteiger partial charge in [0, 0.05) is 25.8 Å². The molecule has 6 nitrogen and oxygen atoms in total. The Labute approximate surface area is 120 Å². The van der Waals surface area contributed by atoms with Gasteiger partial charge in [0.25, 0.3) is 0 Å². The quantitative estimate of drug-likeness (QED) is 0.870. The van der Waals surface area contributed by atoms with Crippen LogP contribution in [0.25, 0.3) is 0 Å². The average Bonchev–Trinajstić information content (AvgIpc) is 2.97. The maximum atomic E-state index is 8.88. The van der Waals surface area contributed by atoms with E-state index in [-0.39, 0.29) is 6.61 Å². The van der Waals surface area contributed by atoms with Crippen LogP contribution in [-0.2, 0) is 25.9 Å². The van der Waals surface area contributed by atoms with Crippen LogP contribution in [0.5, 0.6) is 0 Å². The van der Waals surface area contributed by atoms with Gasteiger partial charge < -0.3 is 5.11 Å². The number of hydrogen-bond donors (Lipinski definition) is 1. The molecule has 0 bridgehead atoms. The summed E-state index contributed by atoms with van der Waals surface area (Å²) < 4.78 is 4.81. The smallest absolute Gasteiger partial charge is 0.0857 e. The van der Waals surface area contributed by atoms with Crippen molar-refractivity contribution < 1.29 is 5.11 Å². The van der Waals surface area contributed by atoms with Crippen molar-refractivity contribution in [2.75, 3.05) is 6.61 Å². The summed E-state index contributed by atoms with van der Waals surface area (Å²) >= 11 is 3.61. The predicted molar refractivity (Wildman–Crippen MR) is 74.9 cm³/mol. The van der Waals surface area contributed by atoms with Gasteiger partial charge >= 0.3 is 0 Å². The maximum absolute atomic E-state index is 8.88. The number of nitrogens with zero attached hydrogens (tertiary/aromatic N) is 5. The Bertz CT molecular complexity index is 548. The molecule has 0 saturated carbocycles. The molecule has 0 spiro atoms. The molecule has 7 heteroatoms. The molecule has 2 aromatic heterocycles. The van der Waals surface area contributed by atoms with Crippen LogP contribution in [0.4, 0.5) is 0 Å². The molecule has 0 fully saturated rings. The number of aliphatic hydroxyl groups is 1. The first-order valence-corrected chi connectivity index (χ1v) is 7.22. The lowest BCUT2D eigenvalue weighted by Gasteiger charge is -2.04. The molecule has 19 heavy (non-hydrogen) atoms. The van der Waals surface area contributed by atoms with Crippen LogP contribution in [-0.4, -0.2) is 36.5 Å². The number of rotatable bonds is 6. The molecule has 0 aromatic carbocycles. The number of halogens is 1. The van der Waals surface area contributed by atoms with E-state index in [1.807, 2.05) is 10.9 Å². The van der Waals surface area contributed by atoms with Gasteiger partial charge in [-0.3, -0.25) is 4.68 Å². The predicted octanol–water partition coefficient (Wildman–Crippen LogP) is 1.40. The highest BCUT2D eigenvalue weighted by molar-refractivity contribution is 9.10. The fourth-order valence-electron chi connectivity index (χ4n) is 1.97. The number of aromatic nitrogens is 5. The summed E-state index contributed by atoms with van der Waals surface area (Å²) in [6.45, 7) is 5.70. The first-order valence-electron chi connectivity index (χ1n) is 6.43. The van der Waals surface area contributed by atoms with Crippen molar-refractivity contribution in [1.82, 2.24) is 24.8 Å². The van der Waals surface area contributed by atoms with Gasteiger partial charge in [0.2, 0.25) is 0 Å². The Balaban J connectivity index is 2.23. The number of hydrogen-bond acceptors (Lipinski definition) is 4. The monoisotopic (exact) mass is 327 g/mol. The van der Waals surface area contributed by atoms with E-state index in [4.69, 9.17) is 5.11 Å². The van der Waals surface area contributed by atoms with Gasteiger partial charge in [0.1, 0.15) is 0 Å². The molecule has 2 aromatic rings. The zero-order valence-electron chi connectivity index (χ0n) is 11.2. The van der Waals surface area contributed by atoms with E-state index in [1.165, 1.54) is 0 Å². The maximum Gasteiger partial charge on any atom is 0.0857 e. The minimum Gasteiger partial charge on any atom is -0.396 e. The van der Waals surface area contributed by atoms with Gasteiger partial charge in [0.05, 0.1) is 28.1 Å². The van der Waals surface area contributed by atoms with E-state index in [0.717, 1.165) is 34.5 Å². The topological polar surface area (TPSA) is 68.8 Å². The lowest BCUT2D eigenvalue weighted by Crippen LogP contribution is -2.09. The zero-order valence-corrected chi connectivity index (χ0v) is 12.8. The molecule has 0 amide bonds. The second-order valence-electron chi connectivity index (χ2n) is 4.26. The van der Waals surface area contributed by atoms with Gasteiger partial charge in [-0.1, -0.05) is 12.1 Å². The molecule has 0 saturated heterocycles. The van der Waals surface area contributed by atoms with Crippen LogP contribution in [0.15, 0.2) is 10.7 Å². The summed E-state index contributed by atoms with van der Waals surface area (Å²) in [5, 5.41) is 21.5. The van der Waals surface area contributed by atoms with Crippen LogP contribution in [0.1, 0.15) is 30.9 Å². The lowest BCUT2D eigenvalue weighted by atomic mass is 10.3. The second kappa shape index (κ2) is 6.29. The van der Waals surface area contributed by atoms with Gasteiger partial charge in [0.15, 0.2) is 0 Å². The summed E-state index contributed by atoms with van der Waals surface area (Å²) in [7, 11) is 0. The summed E-state index contributed by atoms with van der Waals surface area (Å²) in [6.07, 6.45) is 3.30. The van der Waals surface area contributed by atoms with Crippen molar-refractivity contribution in [2.24, 2.45) is 0 Å². The SMILES string of the molecule is CCc1nn(CC)c(Cn2cc(CCO)nn2)c1Br. The highest BCUT2D eigenvalue weighted by atomic mass is 79.9. The largest absolute Gasteiger partial charge is 0.396 e. The van der Waals surface area contributed by atoms with Crippen LogP contribution in [0.2, 0.25) is 0 Å². The lowest BCUT2D eigenvalue weighted by molar-refractivity contribution is 0.298. The van der Waals surface area contributed by atoms with Gasteiger partial charge in [-0.15, -0.1) is 5.10 Å². The highest BCUT2D eigenvalue weighted by Gasteiger charge is 2.14. The van der Waals surface area contributed by atoms with E-state index < -0.39 is 0 Å². The van der Waals surface area contributed by atoms with Gasteiger partial charge in [-0.25, -0.2) is 4.68 Å². The molecular weight excluding hydrogens is 310 g/mol. The van der Waals surface area contributed by atoms with Crippen LogP contribution < -0.4 is 0 Å². The van der Waals surface area contributed by atoms with Crippen molar-refractivity contribution in [3.05, 3.63) is 27.8 Å². The molecule has 104 valence electrons. The van der Waals surface area contributed by atoms with Crippen molar-refractivity contribution >= 4 is 15.9 Å². The Morgan fingerprint density at radius 1 is 1.37 bits per heavy atom. The van der Waals surface area contributed by atoms with Crippen molar-refractivity contribution in [3.8, 4) is 0 Å². The summed E-state index contributed by atoms with van der Waals surface area (Å²) in [6, 6.07) is 0. The fraction of sp³-hybridized carbons (Fsp3) is 0.583. The first-order chi connectivity index (χ1) is 9.19. The van der Waals surface area contributed by atoms with Crippen LogP contribution in [0.3, 0.4) is 0 Å². The summed E-state index contributed by atoms with van der Waals surface area (Å²) in [4.78, 5) is 0. The first kappa shape index (κ1) is 14.2. The summed E-state index contributed by atoms with van der Waals surface area (Å²) in [5.74, 6) is 0. The Morgan fingerprint density at radius 3 is 2.79 bits per heavy atom. The second-order valence-corrected chi connectivity index (χ2v) is 5.05. The third-order valence-corrected chi connectivity index (χ3v) is 3.88. The molecule has 0 atom stereocenters. The van der Waals surface area contributed by atoms with Gasteiger partial charge in [-0.2, -0.15) is 5.10 Å². The Morgan fingerprint density at radius 2 is 2.16 bits per heavy atom. The van der Waals surface area contributed by atoms with E-state index >= 15 is 0 Å². The van der Waals surface area contributed by atoms with Crippen molar-refractivity contribution in [3.63, 3.8) is 0 Å². The summed E-state index contributed by atoms with van der Waals surface area (Å²) in [5.41, 5.74) is 2.96. The molecule has 2 heterocycles. The highest BCUT2D eigenvalue weighted by Crippen LogP contribution is 2.23. The third-order valence-electron chi connectivity index (χ3n) is 2.96. The van der Waals surface area contributed by atoms with Crippen molar-refractivity contribution in [1.29, 1.82) is 0 Å². The van der Waals surface area contributed by atoms with E-state index in [1.54, 1.807) is 4.68 Å². The third kappa shape index (κ3) is 3.03.